The van der Waals surface area contributed by atoms with Gasteiger partial charge in [-0.3, -0.25) is 4.79 Å². The first-order valence-corrected chi connectivity index (χ1v) is 10.0. The summed E-state index contributed by atoms with van der Waals surface area (Å²) in [6.45, 7) is 1.44. The summed E-state index contributed by atoms with van der Waals surface area (Å²) in [5.74, 6) is -0.161. The van der Waals surface area contributed by atoms with E-state index < -0.39 is 10.0 Å². The Labute approximate surface area is 157 Å². The van der Waals surface area contributed by atoms with Crippen LogP contribution in [-0.2, 0) is 14.8 Å². The molecule has 1 aliphatic rings. The van der Waals surface area contributed by atoms with E-state index in [0.29, 0.717) is 31.1 Å². The van der Waals surface area contributed by atoms with Gasteiger partial charge in [0.25, 0.3) is 10.0 Å². The lowest BCUT2D eigenvalue weighted by atomic mass is 10.2. The summed E-state index contributed by atoms with van der Waals surface area (Å²) in [4.78, 5) is 20.5. The minimum absolute atomic E-state index is 0.0656. The van der Waals surface area contributed by atoms with Crippen molar-refractivity contribution in [1.29, 1.82) is 0 Å². The molecular weight excluding hydrogens is 376 g/mol. The number of benzene rings is 1. The van der Waals surface area contributed by atoms with Gasteiger partial charge in [0.1, 0.15) is 0 Å². The maximum absolute atomic E-state index is 12.5. The van der Waals surface area contributed by atoms with Crippen LogP contribution in [0.25, 0.3) is 6.08 Å². The monoisotopic (exact) mass is 394 g/mol. The molecule has 1 aliphatic heterocycles. The number of carbonyl (C=O) groups is 1. The summed E-state index contributed by atoms with van der Waals surface area (Å²) in [7, 11) is -3.61. The molecule has 0 saturated carbocycles. The van der Waals surface area contributed by atoms with Crippen LogP contribution in [0.15, 0.2) is 47.9 Å². The second-order valence-corrected chi connectivity index (χ2v) is 8.17. The number of rotatable bonds is 4. The zero-order valence-corrected chi connectivity index (χ0v) is 15.6. The normalized spacial score (nSPS) is 16.7. The topological polar surface area (TPSA) is 86.4 Å². The van der Waals surface area contributed by atoms with Crippen LogP contribution in [0.5, 0.6) is 0 Å². The van der Waals surface area contributed by atoms with Crippen molar-refractivity contribution in [2.24, 2.45) is 0 Å². The summed E-state index contributed by atoms with van der Waals surface area (Å²) in [5.41, 5.74) is 0.765. The van der Waals surface area contributed by atoms with Gasteiger partial charge in [-0.1, -0.05) is 29.8 Å². The average Bonchev–Trinajstić information content (AvgIpc) is 3.06. The highest BCUT2D eigenvalue weighted by Gasteiger charge is 2.28. The Morgan fingerprint density at radius 3 is 2.73 bits per heavy atom. The molecule has 1 saturated heterocycles. The molecule has 7 nitrogen and oxygen atoms in total. The molecule has 1 aromatic carbocycles. The van der Waals surface area contributed by atoms with Gasteiger partial charge in [-0.2, -0.15) is 4.31 Å². The largest absolute Gasteiger partial charge is 0.338 e. The van der Waals surface area contributed by atoms with Crippen molar-refractivity contribution < 1.29 is 13.2 Å². The molecule has 138 valence electrons. The van der Waals surface area contributed by atoms with Gasteiger partial charge >= 0.3 is 0 Å². The van der Waals surface area contributed by atoms with Gasteiger partial charge in [-0.05, 0) is 24.1 Å². The van der Waals surface area contributed by atoms with Gasteiger partial charge in [0.05, 0.1) is 12.5 Å². The minimum atomic E-state index is -3.61. The maximum Gasteiger partial charge on any atom is 0.260 e. The van der Waals surface area contributed by atoms with Crippen LogP contribution in [0.2, 0.25) is 5.02 Å². The van der Waals surface area contributed by atoms with E-state index in [1.807, 2.05) is 18.2 Å². The first-order chi connectivity index (χ1) is 12.5. The van der Waals surface area contributed by atoms with Gasteiger partial charge < -0.3 is 9.88 Å². The van der Waals surface area contributed by atoms with E-state index in [1.165, 1.54) is 22.9 Å². The van der Waals surface area contributed by atoms with E-state index in [2.05, 4.69) is 9.97 Å². The Bertz CT molecular complexity index is 896. The van der Waals surface area contributed by atoms with Crippen LogP contribution in [-0.4, -0.2) is 59.7 Å². The van der Waals surface area contributed by atoms with Crippen molar-refractivity contribution in [2.75, 3.05) is 26.2 Å². The summed E-state index contributed by atoms with van der Waals surface area (Å²) in [6.07, 6.45) is 6.34. The fourth-order valence-electron chi connectivity index (χ4n) is 2.75. The number of amides is 1. The van der Waals surface area contributed by atoms with Crippen LogP contribution in [0.1, 0.15) is 12.0 Å². The summed E-state index contributed by atoms with van der Waals surface area (Å²) < 4.78 is 26.5. The van der Waals surface area contributed by atoms with E-state index >= 15 is 0 Å². The van der Waals surface area contributed by atoms with E-state index in [0.717, 1.165) is 5.56 Å². The Morgan fingerprint density at radius 1 is 1.19 bits per heavy atom. The third kappa shape index (κ3) is 4.14. The molecule has 2 heterocycles. The Kier molecular flexibility index (Phi) is 5.75. The lowest BCUT2D eigenvalue weighted by Crippen LogP contribution is -2.36. The zero-order valence-electron chi connectivity index (χ0n) is 14.0. The molecule has 0 radical (unpaired) electrons. The number of nitrogens with zero attached hydrogens (tertiary/aromatic N) is 3. The number of carbonyl (C=O) groups excluding carboxylic acids is 1. The Hall–Kier alpha value is -2.16. The highest BCUT2D eigenvalue weighted by atomic mass is 35.5. The van der Waals surface area contributed by atoms with Crippen LogP contribution >= 0.6 is 11.6 Å². The molecule has 0 spiro atoms. The SMILES string of the molecule is O=C(C=Cc1ccccc1Cl)N1CCCN(S(=O)(=O)c2cnc[nH]2)CC1. The van der Waals surface area contributed by atoms with E-state index in [9.17, 15) is 13.2 Å². The molecule has 0 unspecified atom stereocenters. The number of hydrogen-bond acceptors (Lipinski definition) is 4. The minimum Gasteiger partial charge on any atom is -0.338 e. The highest BCUT2D eigenvalue weighted by Crippen LogP contribution is 2.17. The number of H-pyrrole nitrogens is 1. The van der Waals surface area contributed by atoms with Crippen LogP contribution in [0, 0.1) is 0 Å². The molecule has 9 heteroatoms. The number of hydrogen-bond donors (Lipinski definition) is 1. The van der Waals surface area contributed by atoms with Gasteiger partial charge in [0.2, 0.25) is 5.91 Å². The van der Waals surface area contributed by atoms with Gasteiger partial charge in [-0.15, -0.1) is 0 Å². The first-order valence-electron chi connectivity index (χ1n) is 8.18. The highest BCUT2D eigenvalue weighted by molar-refractivity contribution is 7.89. The Balaban J connectivity index is 1.65. The lowest BCUT2D eigenvalue weighted by molar-refractivity contribution is -0.125. The fourth-order valence-corrected chi connectivity index (χ4v) is 4.32. The first kappa shape index (κ1) is 18.6. The molecule has 0 atom stereocenters. The van der Waals surface area contributed by atoms with Gasteiger partial charge in [-0.25, -0.2) is 13.4 Å². The second-order valence-electron chi connectivity index (χ2n) is 5.85. The second kappa shape index (κ2) is 8.03. The third-order valence-corrected chi connectivity index (χ3v) is 6.34. The predicted molar refractivity (Wildman–Crippen MR) is 99.0 cm³/mol. The fraction of sp³-hybridized carbons (Fsp3) is 0.294. The summed E-state index contributed by atoms with van der Waals surface area (Å²) >= 11 is 6.08. The molecule has 1 aromatic heterocycles. The van der Waals surface area contributed by atoms with Crippen LogP contribution in [0.4, 0.5) is 0 Å². The van der Waals surface area contributed by atoms with Gasteiger partial charge in [0.15, 0.2) is 5.03 Å². The van der Waals surface area contributed by atoms with Crippen LogP contribution in [0.3, 0.4) is 0 Å². The number of aromatic nitrogens is 2. The predicted octanol–water partition coefficient (Wildman–Crippen LogP) is 2.00. The number of nitrogens with one attached hydrogen (secondary N) is 1. The van der Waals surface area contributed by atoms with Crippen molar-refractivity contribution in [1.82, 2.24) is 19.2 Å². The molecule has 1 fully saturated rings. The molecular formula is C17H19ClN4O3S. The van der Waals surface area contributed by atoms with Crippen molar-refractivity contribution in [3.8, 4) is 0 Å². The van der Waals surface area contributed by atoms with Crippen molar-refractivity contribution in [3.05, 3.63) is 53.5 Å². The molecule has 0 aliphatic carbocycles. The van der Waals surface area contributed by atoms with Crippen molar-refractivity contribution in [2.45, 2.75) is 11.4 Å². The van der Waals surface area contributed by atoms with Crippen molar-refractivity contribution >= 4 is 33.6 Å². The van der Waals surface area contributed by atoms with E-state index in [1.54, 1.807) is 17.0 Å². The van der Waals surface area contributed by atoms with Crippen LogP contribution < -0.4 is 0 Å². The summed E-state index contributed by atoms with van der Waals surface area (Å²) in [6, 6.07) is 7.26. The molecule has 0 bridgehead atoms. The number of sulfonamides is 1. The van der Waals surface area contributed by atoms with Gasteiger partial charge in [0, 0.05) is 37.3 Å². The standard InChI is InChI=1S/C17H19ClN4O3S/c18-15-5-2-1-4-14(15)6-7-17(23)21-8-3-9-22(11-10-21)26(24,25)16-12-19-13-20-16/h1-2,4-7,12-13H,3,8-11H2,(H,19,20). The molecule has 2 aromatic rings. The molecule has 3 rings (SSSR count). The number of imidazole rings is 1. The summed E-state index contributed by atoms with van der Waals surface area (Å²) in [5, 5.41) is 0.639. The van der Waals surface area contributed by atoms with E-state index in [4.69, 9.17) is 11.6 Å². The Morgan fingerprint density at radius 2 is 2.00 bits per heavy atom. The molecule has 1 amide bonds. The maximum atomic E-state index is 12.5. The lowest BCUT2D eigenvalue weighted by Gasteiger charge is -2.20. The number of aromatic amines is 1. The zero-order chi connectivity index (χ0) is 18.6. The smallest absolute Gasteiger partial charge is 0.260 e. The molecule has 1 N–H and O–H groups in total. The van der Waals surface area contributed by atoms with Crippen molar-refractivity contribution in [3.63, 3.8) is 0 Å². The molecule has 26 heavy (non-hydrogen) atoms. The number of halogens is 1. The van der Waals surface area contributed by atoms with E-state index in [-0.39, 0.29) is 17.5 Å². The quantitative estimate of drug-likeness (QED) is 0.803. The third-order valence-electron chi connectivity index (χ3n) is 4.17. The average molecular weight is 395 g/mol.